The number of methoxy groups -OCH3 is 3. The lowest BCUT2D eigenvalue weighted by atomic mass is 10.1. The lowest BCUT2D eigenvalue weighted by Gasteiger charge is -2.22. The first-order chi connectivity index (χ1) is 16.1. The second kappa shape index (κ2) is 9.83. The minimum atomic E-state index is -0.174. The molecule has 3 aromatic carbocycles. The fourth-order valence-corrected chi connectivity index (χ4v) is 4.08. The number of rotatable bonds is 8. The Hall–Kier alpha value is -3.71. The molecule has 4 rings (SSSR count). The van der Waals surface area contributed by atoms with E-state index in [-0.39, 0.29) is 5.91 Å². The van der Waals surface area contributed by atoms with Crippen LogP contribution in [0, 0.1) is 0 Å². The smallest absolute Gasteiger partial charge is 0.258 e. The van der Waals surface area contributed by atoms with Gasteiger partial charge in [-0.05, 0) is 41.8 Å². The summed E-state index contributed by atoms with van der Waals surface area (Å²) in [5.74, 6) is 1.75. The van der Waals surface area contributed by atoms with E-state index in [1.807, 2.05) is 48.5 Å². The average Bonchev–Trinajstić information content (AvgIpc) is 3.28. The Bertz CT molecular complexity index is 1120. The van der Waals surface area contributed by atoms with Crippen LogP contribution in [0.15, 0.2) is 54.6 Å². The number of hydrogen-bond donors (Lipinski definition) is 1. The Morgan fingerprint density at radius 3 is 2.03 bits per heavy atom. The van der Waals surface area contributed by atoms with Gasteiger partial charge in [-0.15, -0.1) is 0 Å². The number of ether oxygens (including phenoxy) is 4. The third-order valence-electron chi connectivity index (χ3n) is 5.71. The van der Waals surface area contributed by atoms with Crippen LogP contribution in [0.4, 0.5) is 0 Å². The lowest BCUT2D eigenvalue weighted by molar-refractivity contribution is 0.0746. The van der Waals surface area contributed by atoms with E-state index in [2.05, 4.69) is 0 Å². The third kappa shape index (κ3) is 4.45. The highest BCUT2D eigenvalue weighted by atomic mass is 16.5. The molecule has 0 spiro atoms. The second-order valence-electron chi connectivity index (χ2n) is 7.74. The van der Waals surface area contributed by atoms with Gasteiger partial charge in [-0.25, -0.2) is 0 Å². The number of amides is 1. The van der Waals surface area contributed by atoms with Crippen LogP contribution in [0.2, 0.25) is 0 Å². The summed E-state index contributed by atoms with van der Waals surface area (Å²) in [7, 11) is 4.53. The maximum absolute atomic E-state index is 13.6. The molecular weight excluding hydrogens is 420 g/mol. The van der Waals surface area contributed by atoms with Gasteiger partial charge in [0.15, 0.2) is 11.5 Å². The van der Waals surface area contributed by atoms with Gasteiger partial charge in [0.1, 0.15) is 5.75 Å². The summed E-state index contributed by atoms with van der Waals surface area (Å²) >= 11 is 0. The first-order valence-corrected chi connectivity index (χ1v) is 10.8. The summed E-state index contributed by atoms with van der Waals surface area (Å²) in [6.07, 6.45) is 0.789. The van der Waals surface area contributed by atoms with Crippen LogP contribution in [0.25, 0.3) is 0 Å². The van der Waals surface area contributed by atoms with Gasteiger partial charge < -0.3 is 29.6 Å². The molecule has 3 aromatic rings. The number of fused-ring (bicyclic) bond motifs is 1. The summed E-state index contributed by atoms with van der Waals surface area (Å²) in [5, 5.41) is 0. The molecule has 1 aliphatic heterocycles. The molecule has 0 radical (unpaired) electrons. The molecule has 1 amide bonds. The molecule has 0 aliphatic carbocycles. The molecule has 0 aromatic heterocycles. The molecule has 1 aliphatic rings. The number of carbonyl (C=O) groups is 1. The molecule has 2 N–H and O–H groups in total. The molecule has 0 atom stereocenters. The van der Waals surface area contributed by atoms with Crippen molar-refractivity contribution in [1.29, 1.82) is 0 Å². The highest BCUT2D eigenvalue weighted by Crippen LogP contribution is 2.48. The first-order valence-electron chi connectivity index (χ1n) is 10.8. The molecule has 7 heteroatoms. The van der Waals surface area contributed by atoms with Crippen molar-refractivity contribution in [2.45, 2.75) is 19.5 Å². The van der Waals surface area contributed by atoms with E-state index < -0.39 is 0 Å². The van der Waals surface area contributed by atoms with Crippen molar-refractivity contribution in [2.24, 2.45) is 5.73 Å². The highest BCUT2D eigenvalue weighted by molar-refractivity contribution is 5.99. The zero-order valence-electron chi connectivity index (χ0n) is 19.1. The summed E-state index contributed by atoms with van der Waals surface area (Å²) in [4.78, 5) is 15.3. The van der Waals surface area contributed by atoms with Crippen LogP contribution >= 0.6 is 0 Å². The van der Waals surface area contributed by atoms with E-state index in [0.717, 1.165) is 23.1 Å². The Balaban J connectivity index is 1.71. The lowest BCUT2D eigenvalue weighted by Crippen LogP contribution is -2.26. The second-order valence-corrected chi connectivity index (χ2v) is 7.74. The fraction of sp³-hybridized carbons (Fsp3) is 0.269. The standard InChI is InChI=1S/C26H28N2O5/c1-30-23-21(26(29)28-15-18-6-4-5-7-19(18)16-28)14-22(24(31-2)25(23)32-3)33-20-10-8-17(9-11-20)12-13-27/h4-11,14H,12-13,15-16,27H2,1-3H3. The zero-order chi connectivity index (χ0) is 23.4. The van der Waals surface area contributed by atoms with E-state index in [0.29, 0.717) is 53.9 Å². The molecule has 0 unspecified atom stereocenters. The van der Waals surface area contributed by atoms with Gasteiger partial charge >= 0.3 is 0 Å². The predicted molar refractivity (Wildman–Crippen MR) is 125 cm³/mol. The molecule has 0 bridgehead atoms. The maximum Gasteiger partial charge on any atom is 0.258 e. The summed E-state index contributed by atoms with van der Waals surface area (Å²) in [5.41, 5.74) is 9.38. The average molecular weight is 449 g/mol. The normalized spacial score (nSPS) is 12.3. The van der Waals surface area contributed by atoms with Gasteiger partial charge in [-0.1, -0.05) is 36.4 Å². The Morgan fingerprint density at radius 1 is 0.879 bits per heavy atom. The van der Waals surface area contributed by atoms with Crippen LogP contribution in [-0.2, 0) is 19.5 Å². The van der Waals surface area contributed by atoms with E-state index in [1.54, 1.807) is 11.0 Å². The number of nitrogens with two attached hydrogens (primary N) is 1. The van der Waals surface area contributed by atoms with Crippen LogP contribution in [-0.4, -0.2) is 38.7 Å². The van der Waals surface area contributed by atoms with Gasteiger partial charge in [0.2, 0.25) is 11.5 Å². The summed E-state index contributed by atoms with van der Waals surface area (Å²) in [6, 6.07) is 17.3. The third-order valence-corrected chi connectivity index (χ3v) is 5.71. The van der Waals surface area contributed by atoms with Crippen LogP contribution in [0.5, 0.6) is 28.7 Å². The number of carbonyl (C=O) groups excluding carboxylic acids is 1. The predicted octanol–water partition coefficient (Wildman–Crippen LogP) is 4.16. The van der Waals surface area contributed by atoms with Gasteiger partial charge in [-0.3, -0.25) is 4.79 Å². The highest BCUT2D eigenvalue weighted by Gasteiger charge is 2.31. The van der Waals surface area contributed by atoms with E-state index >= 15 is 0 Å². The van der Waals surface area contributed by atoms with Gasteiger partial charge in [0.25, 0.3) is 5.91 Å². The fourth-order valence-electron chi connectivity index (χ4n) is 4.08. The van der Waals surface area contributed by atoms with Crippen molar-refractivity contribution in [1.82, 2.24) is 4.90 Å². The quantitative estimate of drug-likeness (QED) is 0.557. The van der Waals surface area contributed by atoms with Gasteiger partial charge in [0.05, 0.1) is 26.9 Å². The van der Waals surface area contributed by atoms with Crippen molar-refractivity contribution in [3.63, 3.8) is 0 Å². The van der Waals surface area contributed by atoms with Crippen molar-refractivity contribution >= 4 is 5.91 Å². The molecule has 33 heavy (non-hydrogen) atoms. The topological polar surface area (TPSA) is 83.3 Å². The summed E-state index contributed by atoms with van der Waals surface area (Å²) < 4.78 is 22.9. The van der Waals surface area contributed by atoms with Crippen molar-refractivity contribution < 1.29 is 23.7 Å². The Morgan fingerprint density at radius 2 is 1.48 bits per heavy atom. The molecule has 0 fully saturated rings. The van der Waals surface area contributed by atoms with Gasteiger partial charge in [0, 0.05) is 19.2 Å². The molecule has 7 nitrogen and oxygen atoms in total. The molecule has 0 saturated carbocycles. The maximum atomic E-state index is 13.6. The molecular formula is C26H28N2O5. The minimum absolute atomic E-state index is 0.174. The van der Waals surface area contributed by atoms with E-state index in [4.69, 9.17) is 24.7 Å². The van der Waals surface area contributed by atoms with E-state index in [9.17, 15) is 4.79 Å². The molecule has 172 valence electrons. The van der Waals surface area contributed by atoms with Crippen molar-refractivity contribution in [3.8, 4) is 28.7 Å². The Labute approximate surface area is 193 Å². The van der Waals surface area contributed by atoms with Crippen LogP contribution in [0.1, 0.15) is 27.0 Å². The first kappa shape index (κ1) is 22.5. The number of hydrogen-bond acceptors (Lipinski definition) is 6. The monoisotopic (exact) mass is 448 g/mol. The zero-order valence-corrected chi connectivity index (χ0v) is 19.1. The van der Waals surface area contributed by atoms with Crippen LogP contribution in [0.3, 0.4) is 0 Å². The largest absolute Gasteiger partial charge is 0.492 e. The van der Waals surface area contributed by atoms with Crippen LogP contribution < -0.4 is 24.7 Å². The van der Waals surface area contributed by atoms with Gasteiger partial charge in [-0.2, -0.15) is 0 Å². The summed E-state index contributed by atoms with van der Waals surface area (Å²) in [6.45, 7) is 1.64. The number of nitrogens with zero attached hydrogens (tertiary/aromatic N) is 1. The van der Waals surface area contributed by atoms with E-state index in [1.165, 1.54) is 21.3 Å². The SMILES string of the molecule is COc1c(Oc2ccc(CCN)cc2)cc(C(=O)N2Cc3ccccc3C2)c(OC)c1OC. The minimum Gasteiger partial charge on any atom is -0.492 e. The number of benzene rings is 3. The van der Waals surface area contributed by atoms with Crippen molar-refractivity contribution in [2.75, 3.05) is 27.9 Å². The molecule has 0 saturated heterocycles. The van der Waals surface area contributed by atoms with Crippen molar-refractivity contribution in [3.05, 3.63) is 76.9 Å². The molecule has 1 heterocycles. The Kier molecular flexibility index (Phi) is 6.70.